The number of nitrogens with one attached hydrogen (secondary N) is 1. The zero-order chi connectivity index (χ0) is 22.5. The molecule has 0 spiro atoms. The van der Waals surface area contributed by atoms with Crippen molar-refractivity contribution in [3.8, 4) is 22.8 Å². The summed E-state index contributed by atoms with van der Waals surface area (Å²) in [5.74, 6) is 1.27. The van der Waals surface area contributed by atoms with Crippen LogP contribution >= 0.6 is 11.8 Å². The van der Waals surface area contributed by atoms with Crippen LogP contribution in [0.25, 0.3) is 17.1 Å². The lowest BCUT2D eigenvalue weighted by atomic mass is 10.1. The molecule has 0 bridgehead atoms. The molecular weight excluding hydrogens is 420 g/mol. The molecule has 0 aliphatic carbocycles. The fourth-order valence-electron chi connectivity index (χ4n) is 3.25. The van der Waals surface area contributed by atoms with Gasteiger partial charge in [-0.1, -0.05) is 59.8 Å². The molecule has 3 aromatic carbocycles. The number of methoxy groups -OCH3 is 1. The minimum atomic E-state index is -0.380. The number of anilines is 1. The van der Waals surface area contributed by atoms with E-state index in [9.17, 15) is 4.79 Å². The molecule has 7 heteroatoms. The molecule has 1 atom stereocenters. The average Bonchev–Trinajstić information content (AvgIpc) is 3.23. The van der Waals surface area contributed by atoms with Gasteiger partial charge in [-0.2, -0.15) is 0 Å². The Labute approximate surface area is 191 Å². The number of hydrogen-bond donors (Lipinski definition) is 1. The van der Waals surface area contributed by atoms with Crippen LogP contribution in [-0.2, 0) is 4.79 Å². The molecule has 0 saturated heterocycles. The third-order valence-electron chi connectivity index (χ3n) is 4.97. The topological polar surface area (TPSA) is 69.0 Å². The van der Waals surface area contributed by atoms with Gasteiger partial charge in [-0.15, -0.1) is 10.2 Å². The van der Waals surface area contributed by atoms with Crippen molar-refractivity contribution in [1.82, 2.24) is 14.8 Å². The zero-order valence-corrected chi connectivity index (χ0v) is 19.0. The molecule has 1 N–H and O–H groups in total. The van der Waals surface area contributed by atoms with Gasteiger partial charge in [-0.25, -0.2) is 0 Å². The van der Waals surface area contributed by atoms with Crippen LogP contribution in [0, 0.1) is 6.92 Å². The number of benzene rings is 3. The summed E-state index contributed by atoms with van der Waals surface area (Å²) in [5, 5.41) is 12.1. The Morgan fingerprint density at radius 2 is 1.66 bits per heavy atom. The van der Waals surface area contributed by atoms with E-state index in [0.29, 0.717) is 16.7 Å². The zero-order valence-electron chi connectivity index (χ0n) is 18.1. The molecule has 6 nitrogen and oxygen atoms in total. The summed E-state index contributed by atoms with van der Waals surface area (Å²) in [4.78, 5) is 12.8. The van der Waals surface area contributed by atoms with E-state index in [1.54, 1.807) is 7.11 Å². The molecule has 0 radical (unpaired) electrons. The number of rotatable bonds is 7. The second kappa shape index (κ2) is 9.70. The van der Waals surface area contributed by atoms with Crippen molar-refractivity contribution in [1.29, 1.82) is 0 Å². The smallest absolute Gasteiger partial charge is 0.237 e. The van der Waals surface area contributed by atoms with E-state index < -0.39 is 0 Å². The molecule has 0 aliphatic heterocycles. The van der Waals surface area contributed by atoms with Crippen LogP contribution in [0.3, 0.4) is 0 Å². The SMILES string of the molecule is COc1ccccc1-c1nnc(S[C@H](C)C(=O)Nc2ccccc2)n1-c1ccc(C)cc1. The maximum Gasteiger partial charge on any atom is 0.237 e. The average molecular weight is 445 g/mol. The van der Waals surface area contributed by atoms with Crippen molar-refractivity contribution in [3.05, 3.63) is 84.4 Å². The van der Waals surface area contributed by atoms with Crippen molar-refractivity contribution in [2.45, 2.75) is 24.3 Å². The van der Waals surface area contributed by atoms with Crippen molar-refractivity contribution < 1.29 is 9.53 Å². The van der Waals surface area contributed by atoms with Gasteiger partial charge in [-0.3, -0.25) is 9.36 Å². The number of nitrogens with zero attached hydrogens (tertiary/aromatic N) is 3. The molecule has 1 aromatic heterocycles. The van der Waals surface area contributed by atoms with Crippen LogP contribution in [0.4, 0.5) is 5.69 Å². The molecular formula is C25H24N4O2S. The number of amides is 1. The van der Waals surface area contributed by atoms with Crippen molar-refractivity contribution in [2.75, 3.05) is 12.4 Å². The number of ether oxygens (including phenoxy) is 1. The van der Waals surface area contributed by atoms with E-state index in [2.05, 4.69) is 15.5 Å². The fraction of sp³-hybridized carbons (Fsp3) is 0.160. The minimum absolute atomic E-state index is 0.0986. The normalized spacial score (nSPS) is 11.7. The van der Waals surface area contributed by atoms with Gasteiger partial charge in [0.05, 0.1) is 17.9 Å². The molecule has 1 amide bonds. The summed E-state index contributed by atoms with van der Waals surface area (Å²) < 4.78 is 7.52. The van der Waals surface area contributed by atoms with Crippen molar-refractivity contribution in [3.63, 3.8) is 0 Å². The summed E-state index contributed by atoms with van der Waals surface area (Å²) in [7, 11) is 1.64. The second-order valence-electron chi connectivity index (χ2n) is 7.29. The number of aromatic nitrogens is 3. The third-order valence-corrected chi connectivity index (χ3v) is 6.01. The van der Waals surface area contributed by atoms with Crippen molar-refractivity contribution in [2.24, 2.45) is 0 Å². The molecule has 1 heterocycles. The molecule has 0 unspecified atom stereocenters. The summed E-state index contributed by atoms with van der Waals surface area (Å²) in [6, 6.07) is 25.3. The molecule has 0 aliphatic rings. The first-order valence-electron chi connectivity index (χ1n) is 10.2. The molecule has 0 saturated carbocycles. The predicted molar refractivity (Wildman–Crippen MR) is 128 cm³/mol. The highest BCUT2D eigenvalue weighted by atomic mass is 32.2. The number of hydrogen-bond acceptors (Lipinski definition) is 5. The number of aryl methyl sites for hydroxylation is 1. The van der Waals surface area contributed by atoms with Crippen molar-refractivity contribution >= 4 is 23.4 Å². The van der Waals surface area contributed by atoms with Crippen LogP contribution in [0.5, 0.6) is 5.75 Å². The quantitative estimate of drug-likeness (QED) is 0.388. The lowest BCUT2D eigenvalue weighted by molar-refractivity contribution is -0.115. The van der Waals surface area contributed by atoms with Gasteiger partial charge < -0.3 is 10.1 Å². The number of carbonyl (C=O) groups is 1. The first-order valence-corrected chi connectivity index (χ1v) is 11.1. The highest BCUT2D eigenvalue weighted by Gasteiger charge is 2.23. The maximum absolute atomic E-state index is 12.8. The number of thioether (sulfide) groups is 1. The number of para-hydroxylation sites is 2. The van der Waals surface area contributed by atoms with Crippen LogP contribution in [0.15, 0.2) is 84.0 Å². The van der Waals surface area contributed by atoms with E-state index in [1.807, 2.05) is 97.3 Å². The minimum Gasteiger partial charge on any atom is -0.496 e. The standard InChI is InChI=1S/C25H24N4O2S/c1-17-13-15-20(16-14-17)29-23(21-11-7-8-12-22(21)31-3)27-28-25(29)32-18(2)24(30)26-19-9-5-4-6-10-19/h4-16,18H,1-3H3,(H,26,30)/t18-/m1/s1. The molecule has 32 heavy (non-hydrogen) atoms. The van der Waals surface area contributed by atoms with Gasteiger partial charge in [-0.05, 0) is 50.2 Å². The van der Waals surface area contributed by atoms with Gasteiger partial charge in [0, 0.05) is 11.4 Å². The van der Waals surface area contributed by atoms with E-state index >= 15 is 0 Å². The van der Waals surface area contributed by atoms with Gasteiger partial charge in [0.1, 0.15) is 5.75 Å². The molecule has 162 valence electrons. The largest absolute Gasteiger partial charge is 0.496 e. The van der Waals surface area contributed by atoms with E-state index in [4.69, 9.17) is 4.74 Å². The first-order chi connectivity index (χ1) is 15.6. The van der Waals surface area contributed by atoms with Gasteiger partial charge >= 0.3 is 0 Å². The third kappa shape index (κ3) is 4.68. The molecule has 4 rings (SSSR count). The maximum atomic E-state index is 12.8. The lowest BCUT2D eigenvalue weighted by Crippen LogP contribution is -2.22. The first kappa shape index (κ1) is 21.6. The molecule has 4 aromatic rings. The summed E-state index contributed by atoms with van der Waals surface area (Å²) >= 11 is 1.36. The highest BCUT2D eigenvalue weighted by Crippen LogP contribution is 2.34. The Bertz CT molecular complexity index is 1210. The summed E-state index contributed by atoms with van der Waals surface area (Å²) in [6.07, 6.45) is 0. The van der Waals surface area contributed by atoms with Crippen LogP contribution < -0.4 is 10.1 Å². The van der Waals surface area contributed by atoms with Crippen LogP contribution in [0.2, 0.25) is 0 Å². The van der Waals surface area contributed by atoms with E-state index in [1.165, 1.54) is 11.8 Å². The number of carbonyl (C=O) groups excluding carboxylic acids is 1. The van der Waals surface area contributed by atoms with Gasteiger partial charge in [0.15, 0.2) is 11.0 Å². The molecule has 0 fully saturated rings. The second-order valence-corrected chi connectivity index (χ2v) is 8.60. The summed E-state index contributed by atoms with van der Waals surface area (Å²) in [6.45, 7) is 3.91. The van der Waals surface area contributed by atoms with Crippen LogP contribution in [-0.4, -0.2) is 33.0 Å². The predicted octanol–water partition coefficient (Wildman–Crippen LogP) is 5.37. The van der Waals surface area contributed by atoms with E-state index in [0.717, 1.165) is 22.5 Å². The Kier molecular flexibility index (Phi) is 6.56. The monoisotopic (exact) mass is 444 g/mol. The van der Waals surface area contributed by atoms with Crippen LogP contribution in [0.1, 0.15) is 12.5 Å². The van der Waals surface area contributed by atoms with Gasteiger partial charge in [0.25, 0.3) is 0 Å². The Morgan fingerprint density at radius 1 is 0.969 bits per heavy atom. The summed E-state index contributed by atoms with van der Waals surface area (Å²) in [5.41, 5.74) is 3.67. The Hall–Kier alpha value is -3.58. The Morgan fingerprint density at radius 3 is 2.38 bits per heavy atom. The highest BCUT2D eigenvalue weighted by molar-refractivity contribution is 8.00. The van der Waals surface area contributed by atoms with Gasteiger partial charge in [0.2, 0.25) is 5.91 Å². The van der Waals surface area contributed by atoms with E-state index in [-0.39, 0.29) is 11.2 Å². The lowest BCUT2D eigenvalue weighted by Gasteiger charge is -2.15. The fourth-order valence-corrected chi connectivity index (χ4v) is 4.12. The Balaban J connectivity index is 1.70.